The van der Waals surface area contributed by atoms with Crippen molar-refractivity contribution in [1.82, 2.24) is 15.2 Å². The monoisotopic (exact) mass is 319 g/mol. The second kappa shape index (κ2) is 7.75. The van der Waals surface area contributed by atoms with Crippen LogP contribution in [0.2, 0.25) is 0 Å². The van der Waals surface area contributed by atoms with Crippen LogP contribution in [0.1, 0.15) is 11.7 Å². The summed E-state index contributed by atoms with van der Waals surface area (Å²) < 4.78 is 6.76. The Morgan fingerprint density at radius 3 is 2.74 bits per heavy atom. The molecule has 124 valence electrons. The molecule has 2 aromatic rings. The average molecular weight is 319 g/mol. The van der Waals surface area contributed by atoms with Crippen molar-refractivity contribution in [1.29, 1.82) is 0 Å². The van der Waals surface area contributed by atoms with Gasteiger partial charge in [-0.15, -0.1) is 0 Å². The summed E-state index contributed by atoms with van der Waals surface area (Å²) in [4.78, 5) is 23.1. The molecule has 0 aliphatic carbocycles. The summed E-state index contributed by atoms with van der Waals surface area (Å²) in [7, 11) is 3.45. The largest absolute Gasteiger partial charge is 0.387 e. The number of nitrogens with zero attached hydrogens (tertiary/aromatic N) is 1. The van der Waals surface area contributed by atoms with E-state index in [0.29, 0.717) is 12.2 Å². The third-order valence-electron chi connectivity index (χ3n) is 3.55. The molecule has 2 rings (SSSR count). The van der Waals surface area contributed by atoms with Crippen LogP contribution in [0.3, 0.4) is 0 Å². The van der Waals surface area contributed by atoms with Crippen LogP contribution in [0, 0.1) is 0 Å². The lowest BCUT2D eigenvalue weighted by Gasteiger charge is -2.12. The summed E-state index contributed by atoms with van der Waals surface area (Å²) in [6.45, 7) is 0.559. The maximum atomic E-state index is 11.6. The van der Waals surface area contributed by atoms with Gasteiger partial charge in [0.15, 0.2) is 0 Å². The normalized spacial score (nSPS) is 12.1. The molecule has 1 aromatic heterocycles. The first-order valence-corrected chi connectivity index (χ1v) is 7.31. The third-order valence-corrected chi connectivity index (χ3v) is 3.55. The number of carbonyl (C=O) groups is 2. The van der Waals surface area contributed by atoms with Crippen molar-refractivity contribution < 1.29 is 19.4 Å². The predicted molar refractivity (Wildman–Crippen MR) is 85.8 cm³/mol. The minimum atomic E-state index is -0.879. The van der Waals surface area contributed by atoms with E-state index in [9.17, 15) is 14.7 Å². The van der Waals surface area contributed by atoms with Gasteiger partial charge >= 0.3 is 11.8 Å². The number of aryl methyl sites for hydroxylation is 1. The van der Waals surface area contributed by atoms with Crippen molar-refractivity contribution in [2.75, 3.05) is 26.8 Å². The van der Waals surface area contributed by atoms with Gasteiger partial charge in [-0.2, -0.15) is 0 Å². The Balaban J connectivity index is 1.89. The topological polar surface area (TPSA) is 92.6 Å². The van der Waals surface area contributed by atoms with Crippen LogP contribution in [0.4, 0.5) is 0 Å². The number of methoxy groups -OCH3 is 1. The van der Waals surface area contributed by atoms with Gasteiger partial charge in [-0.1, -0.05) is 6.07 Å². The van der Waals surface area contributed by atoms with Crippen LogP contribution >= 0.6 is 0 Å². The van der Waals surface area contributed by atoms with E-state index in [1.165, 1.54) is 7.11 Å². The predicted octanol–water partition coefficient (Wildman–Crippen LogP) is 0.0905. The van der Waals surface area contributed by atoms with Gasteiger partial charge in [0.25, 0.3) is 0 Å². The number of aliphatic hydroxyl groups excluding tert-OH is 1. The lowest BCUT2D eigenvalue weighted by Crippen LogP contribution is -2.42. The molecule has 1 atom stereocenters. The molecule has 0 saturated heterocycles. The molecule has 0 aliphatic rings. The molecule has 1 unspecified atom stereocenters. The molecular weight excluding hydrogens is 298 g/mol. The summed E-state index contributed by atoms with van der Waals surface area (Å²) in [6.07, 6.45) is 1.06. The summed E-state index contributed by atoms with van der Waals surface area (Å²) in [5.74, 6) is -1.52. The lowest BCUT2D eigenvalue weighted by molar-refractivity contribution is -0.139. The van der Waals surface area contributed by atoms with Gasteiger partial charge in [0, 0.05) is 39.0 Å². The maximum Gasteiger partial charge on any atom is 0.309 e. The quantitative estimate of drug-likeness (QED) is 0.520. The van der Waals surface area contributed by atoms with E-state index in [1.54, 1.807) is 6.07 Å². The van der Waals surface area contributed by atoms with Gasteiger partial charge in [0.1, 0.15) is 0 Å². The van der Waals surface area contributed by atoms with Gasteiger partial charge in [0.2, 0.25) is 0 Å². The van der Waals surface area contributed by atoms with Gasteiger partial charge in [0.05, 0.1) is 12.7 Å². The number of ether oxygens (including phenoxy) is 1. The molecule has 0 fully saturated rings. The molecule has 0 saturated carbocycles. The first kappa shape index (κ1) is 17.0. The molecule has 0 aliphatic heterocycles. The highest BCUT2D eigenvalue weighted by molar-refractivity contribution is 6.35. The SMILES string of the molecule is COCCNC(=O)C(=O)NCC(O)c1ccc2c(ccn2C)c1. The number of rotatable bonds is 6. The molecule has 23 heavy (non-hydrogen) atoms. The fourth-order valence-electron chi connectivity index (χ4n) is 2.24. The summed E-state index contributed by atoms with van der Waals surface area (Å²) >= 11 is 0. The Labute approximate surface area is 134 Å². The van der Waals surface area contributed by atoms with Crippen molar-refractivity contribution in [3.05, 3.63) is 36.0 Å². The molecular formula is C16H21N3O4. The number of amides is 2. The van der Waals surface area contributed by atoms with Crippen molar-refractivity contribution in [3.8, 4) is 0 Å². The molecule has 7 heteroatoms. The number of aromatic nitrogens is 1. The Morgan fingerprint density at radius 1 is 1.26 bits per heavy atom. The standard InChI is InChI=1S/C16H21N3O4/c1-19-7-5-11-9-12(3-4-13(11)19)14(20)10-18-16(22)15(21)17-6-8-23-2/h3-5,7,9,14,20H,6,8,10H2,1-2H3,(H,17,21)(H,18,22). The fraction of sp³-hybridized carbons (Fsp3) is 0.375. The van der Waals surface area contributed by atoms with Gasteiger partial charge in [-0.05, 0) is 29.1 Å². The van der Waals surface area contributed by atoms with Crippen molar-refractivity contribution in [3.63, 3.8) is 0 Å². The number of benzene rings is 1. The number of aliphatic hydroxyl groups is 1. The van der Waals surface area contributed by atoms with Gasteiger partial charge in [-0.3, -0.25) is 9.59 Å². The number of hydrogen-bond donors (Lipinski definition) is 3. The summed E-state index contributed by atoms with van der Waals surface area (Å²) in [5, 5.41) is 16.0. The van der Waals surface area contributed by atoms with Crippen LogP contribution < -0.4 is 10.6 Å². The molecule has 2 amide bonds. The molecule has 0 spiro atoms. The minimum Gasteiger partial charge on any atom is -0.387 e. The summed E-state index contributed by atoms with van der Waals surface area (Å²) in [5.41, 5.74) is 1.74. The van der Waals surface area contributed by atoms with Crippen LogP contribution in [0.15, 0.2) is 30.5 Å². The molecule has 0 bridgehead atoms. The zero-order chi connectivity index (χ0) is 16.8. The molecule has 1 aromatic carbocycles. The van der Waals surface area contributed by atoms with Crippen LogP contribution in [-0.4, -0.2) is 48.3 Å². The maximum absolute atomic E-state index is 11.6. The first-order valence-electron chi connectivity index (χ1n) is 7.31. The van der Waals surface area contributed by atoms with E-state index in [2.05, 4.69) is 10.6 Å². The van der Waals surface area contributed by atoms with E-state index in [1.807, 2.05) is 36.0 Å². The zero-order valence-corrected chi connectivity index (χ0v) is 13.2. The number of nitrogens with one attached hydrogen (secondary N) is 2. The fourth-order valence-corrected chi connectivity index (χ4v) is 2.24. The lowest BCUT2D eigenvalue weighted by atomic mass is 10.1. The second-order valence-electron chi connectivity index (χ2n) is 5.22. The van der Waals surface area contributed by atoms with E-state index in [4.69, 9.17) is 4.74 Å². The van der Waals surface area contributed by atoms with Crippen molar-refractivity contribution in [2.24, 2.45) is 7.05 Å². The second-order valence-corrected chi connectivity index (χ2v) is 5.22. The van der Waals surface area contributed by atoms with E-state index >= 15 is 0 Å². The smallest absolute Gasteiger partial charge is 0.309 e. The highest BCUT2D eigenvalue weighted by Gasteiger charge is 2.15. The molecule has 3 N–H and O–H groups in total. The van der Waals surface area contributed by atoms with E-state index in [0.717, 1.165) is 10.9 Å². The molecule has 7 nitrogen and oxygen atoms in total. The van der Waals surface area contributed by atoms with Crippen molar-refractivity contribution >= 4 is 22.7 Å². The Hall–Kier alpha value is -2.38. The van der Waals surface area contributed by atoms with Crippen LogP contribution in [0.5, 0.6) is 0 Å². The van der Waals surface area contributed by atoms with Gasteiger partial charge < -0.3 is 25.0 Å². The Bertz CT molecular complexity index is 696. The number of hydrogen-bond acceptors (Lipinski definition) is 4. The number of fused-ring (bicyclic) bond motifs is 1. The number of carbonyl (C=O) groups excluding carboxylic acids is 2. The van der Waals surface area contributed by atoms with Gasteiger partial charge in [-0.25, -0.2) is 0 Å². The minimum absolute atomic E-state index is 0.0329. The average Bonchev–Trinajstić information content (AvgIpc) is 2.93. The molecule has 0 radical (unpaired) electrons. The van der Waals surface area contributed by atoms with E-state index < -0.39 is 17.9 Å². The molecule has 1 heterocycles. The highest BCUT2D eigenvalue weighted by Crippen LogP contribution is 2.20. The van der Waals surface area contributed by atoms with Crippen molar-refractivity contribution in [2.45, 2.75) is 6.10 Å². The zero-order valence-electron chi connectivity index (χ0n) is 13.2. The highest BCUT2D eigenvalue weighted by atomic mass is 16.5. The van der Waals surface area contributed by atoms with Crippen LogP contribution in [-0.2, 0) is 21.4 Å². The van der Waals surface area contributed by atoms with E-state index in [-0.39, 0.29) is 13.1 Å². The third kappa shape index (κ3) is 4.30. The van der Waals surface area contributed by atoms with Crippen LogP contribution in [0.25, 0.3) is 10.9 Å². The summed E-state index contributed by atoms with van der Waals surface area (Å²) in [6, 6.07) is 7.53. The Morgan fingerprint density at radius 2 is 2.00 bits per heavy atom. The Kier molecular flexibility index (Phi) is 5.72. The first-order chi connectivity index (χ1) is 11.0.